The molecule has 0 saturated carbocycles. The summed E-state index contributed by atoms with van der Waals surface area (Å²) in [5.74, 6) is 0.425. The van der Waals surface area contributed by atoms with Crippen molar-refractivity contribution in [3.8, 4) is 11.4 Å². The Morgan fingerprint density at radius 1 is 1.24 bits per heavy atom. The maximum Gasteiger partial charge on any atom is 0.159 e. The third kappa shape index (κ3) is 2.81. The van der Waals surface area contributed by atoms with E-state index in [1.165, 1.54) is 17.7 Å². The van der Waals surface area contributed by atoms with E-state index < -0.39 is 0 Å². The summed E-state index contributed by atoms with van der Waals surface area (Å²) >= 11 is 0. The lowest BCUT2D eigenvalue weighted by molar-refractivity contribution is 0.260. The minimum Gasteiger partial charge on any atom is -0.313 e. The van der Waals surface area contributed by atoms with Crippen molar-refractivity contribution in [1.82, 2.24) is 15.3 Å². The predicted molar refractivity (Wildman–Crippen MR) is 81.3 cm³/mol. The maximum atomic E-state index is 13.0. The molecule has 2 aromatic rings. The van der Waals surface area contributed by atoms with Crippen molar-refractivity contribution in [3.63, 3.8) is 0 Å². The lowest BCUT2D eigenvalue weighted by Gasteiger charge is -2.36. The number of hydrogen-bond acceptors (Lipinski definition) is 3. The Labute approximate surface area is 124 Å². The standard InChI is InChI=1S/C17H20FN3/c1-17(2)8-14(19-3)13-10-20-16(21-15(13)9-17)11-4-6-12(18)7-5-11/h4-7,10,14,19H,8-9H2,1-3H3. The monoisotopic (exact) mass is 285 g/mol. The van der Waals surface area contributed by atoms with Gasteiger partial charge < -0.3 is 5.32 Å². The van der Waals surface area contributed by atoms with Crippen LogP contribution in [0, 0.1) is 11.2 Å². The van der Waals surface area contributed by atoms with Gasteiger partial charge >= 0.3 is 0 Å². The molecule has 1 aliphatic carbocycles. The van der Waals surface area contributed by atoms with Gasteiger partial charge in [-0.25, -0.2) is 14.4 Å². The Morgan fingerprint density at radius 2 is 1.95 bits per heavy atom. The summed E-state index contributed by atoms with van der Waals surface area (Å²) in [7, 11) is 1.98. The van der Waals surface area contributed by atoms with Crippen molar-refractivity contribution in [1.29, 1.82) is 0 Å². The molecule has 1 aromatic carbocycles. The van der Waals surface area contributed by atoms with Crippen molar-refractivity contribution in [3.05, 3.63) is 47.5 Å². The Hall–Kier alpha value is -1.81. The van der Waals surface area contributed by atoms with E-state index in [4.69, 9.17) is 4.98 Å². The molecule has 0 amide bonds. The predicted octanol–water partition coefficient (Wildman–Crippen LogP) is 3.52. The molecule has 1 aromatic heterocycles. The molecular formula is C17H20FN3. The summed E-state index contributed by atoms with van der Waals surface area (Å²) < 4.78 is 13.0. The highest BCUT2D eigenvalue weighted by Crippen LogP contribution is 2.39. The first-order valence-electron chi connectivity index (χ1n) is 7.27. The van der Waals surface area contributed by atoms with E-state index in [2.05, 4.69) is 24.1 Å². The molecule has 1 heterocycles. The third-order valence-corrected chi connectivity index (χ3v) is 4.13. The van der Waals surface area contributed by atoms with Crippen LogP contribution in [0.5, 0.6) is 0 Å². The Balaban J connectivity index is 2.02. The molecule has 1 N–H and O–H groups in total. The average Bonchev–Trinajstić information content (AvgIpc) is 2.45. The molecule has 110 valence electrons. The van der Waals surface area contributed by atoms with Crippen LogP contribution in [0.1, 0.15) is 37.6 Å². The Morgan fingerprint density at radius 3 is 2.62 bits per heavy atom. The Kier molecular flexibility index (Phi) is 3.49. The molecule has 0 radical (unpaired) electrons. The van der Waals surface area contributed by atoms with Crippen LogP contribution >= 0.6 is 0 Å². The van der Waals surface area contributed by atoms with E-state index in [-0.39, 0.29) is 11.2 Å². The highest BCUT2D eigenvalue weighted by Gasteiger charge is 2.32. The van der Waals surface area contributed by atoms with Crippen LogP contribution in [0.15, 0.2) is 30.5 Å². The number of hydrogen-bond donors (Lipinski definition) is 1. The molecule has 21 heavy (non-hydrogen) atoms. The van der Waals surface area contributed by atoms with Crippen LogP contribution in [-0.4, -0.2) is 17.0 Å². The summed E-state index contributed by atoms with van der Waals surface area (Å²) in [6, 6.07) is 6.63. The normalized spacial score (nSPS) is 20.1. The smallest absolute Gasteiger partial charge is 0.159 e. The van der Waals surface area contributed by atoms with Gasteiger partial charge in [0, 0.05) is 29.1 Å². The average molecular weight is 285 g/mol. The second-order valence-corrected chi connectivity index (χ2v) is 6.49. The molecule has 0 aliphatic heterocycles. The summed E-state index contributed by atoms with van der Waals surface area (Å²) in [6.07, 6.45) is 3.93. The first kappa shape index (κ1) is 14.1. The third-order valence-electron chi connectivity index (χ3n) is 4.13. The molecule has 1 aliphatic rings. The van der Waals surface area contributed by atoms with Crippen LogP contribution in [0.3, 0.4) is 0 Å². The van der Waals surface area contributed by atoms with Gasteiger partial charge in [-0.15, -0.1) is 0 Å². The van der Waals surface area contributed by atoms with E-state index in [0.717, 1.165) is 24.1 Å². The summed E-state index contributed by atoms with van der Waals surface area (Å²) in [4.78, 5) is 9.20. The number of halogens is 1. The number of nitrogens with zero attached hydrogens (tertiary/aromatic N) is 2. The van der Waals surface area contributed by atoms with Gasteiger partial charge in [-0.3, -0.25) is 0 Å². The maximum absolute atomic E-state index is 13.0. The fraction of sp³-hybridized carbons (Fsp3) is 0.412. The molecule has 1 atom stereocenters. The van der Waals surface area contributed by atoms with E-state index in [1.54, 1.807) is 12.1 Å². The van der Waals surface area contributed by atoms with Crippen LogP contribution in [0.4, 0.5) is 4.39 Å². The molecule has 0 bridgehead atoms. The van der Waals surface area contributed by atoms with Crippen molar-refractivity contribution in [2.45, 2.75) is 32.7 Å². The number of rotatable bonds is 2. The van der Waals surface area contributed by atoms with Gasteiger partial charge in [-0.05, 0) is 49.6 Å². The van der Waals surface area contributed by atoms with Gasteiger partial charge in [0.05, 0.1) is 0 Å². The highest BCUT2D eigenvalue weighted by atomic mass is 19.1. The minimum absolute atomic E-state index is 0.217. The van der Waals surface area contributed by atoms with Crippen LogP contribution in [0.2, 0.25) is 0 Å². The zero-order valence-electron chi connectivity index (χ0n) is 12.7. The largest absolute Gasteiger partial charge is 0.313 e. The zero-order chi connectivity index (χ0) is 15.0. The molecule has 4 heteroatoms. The number of aromatic nitrogens is 2. The van der Waals surface area contributed by atoms with Gasteiger partial charge in [0.2, 0.25) is 0 Å². The second-order valence-electron chi connectivity index (χ2n) is 6.49. The van der Waals surface area contributed by atoms with Crippen LogP contribution < -0.4 is 5.32 Å². The van der Waals surface area contributed by atoms with Crippen molar-refractivity contribution in [2.24, 2.45) is 5.41 Å². The van der Waals surface area contributed by atoms with E-state index >= 15 is 0 Å². The van der Waals surface area contributed by atoms with Crippen LogP contribution in [0.25, 0.3) is 11.4 Å². The topological polar surface area (TPSA) is 37.8 Å². The van der Waals surface area contributed by atoms with E-state index in [9.17, 15) is 4.39 Å². The fourth-order valence-corrected chi connectivity index (χ4v) is 3.04. The summed E-state index contributed by atoms with van der Waals surface area (Å²) in [5, 5.41) is 3.35. The lowest BCUT2D eigenvalue weighted by atomic mass is 9.74. The van der Waals surface area contributed by atoms with E-state index in [1.807, 2.05) is 13.2 Å². The Bertz CT molecular complexity index is 650. The van der Waals surface area contributed by atoms with Gasteiger partial charge in [0.15, 0.2) is 5.82 Å². The van der Waals surface area contributed by atoms with E-state index in [0.29, 0.717) is 11.9 Å². The van der Waals surface area contributed by atoms with Gasteiger partial charge in [0.25, 0.3) is 0 Å². The molecule has 0 fully saturated rings. The number of nitrogens with one attached hydrogen (secondary N) is 1. The van der Waals surface area contributed by atoms with Gasteiger partial charge in [-0.2, -0.15) is 0 Å². The van der Waals surface area contributed by atoms with Crippen molar-refractivity contribution >= 4 is 0 Å². The highest BCUT2D eigenvalue weighted by molar-refractivity contribution is 5.55. The first-order valence-corrected chi connectivity index (χ1v) is 7.27. The molecular weight excluding hydrogens is 265 g/mol. The molecule has 0 spiro atoms. The fourth-order valence-electron chi connectivity index (χ4n) is 3.04. The molecule has 0 saturated heterocycles. The SMILES string of the molecule is CNC1CC(C)(C)Cc2nc(-c3ccc(F)cc3)ncc21. The second kappa shape index (κ2) is 5.19. The number of benzene rings is 1. The molecule has 1 unspecified atom stereocenters. The van der Waals surface area contributed by atoms with Crippen molar-refractivity contribution < 1.29 is 4.39 Å². The summed E-state index contributed by atoms with van der Waals surface area (Å²) in [5.41, 5.74) is 3.35. The minimum atomic E-state index is -0.243. The van der Waals surface area contributed by atoms with Gasteiger partial charge in [-0.1, -0.05) is 13.8 Å². The first-order chi connectivity index (χ1) is 9.98. The van der Waals surface area contributed by atoms with Gasteiger partial charge in [0.1, 0.15) is 5.82 Å². The van der Waals surface area contributed by atoms with Crippen molar-refractivity contribution in [2.75, 3.05) is 7.05 Å². The van der Waals surface area contributed by atoms with Crippen LogP contribution in [-0.2, 0) is 6.42 Å². The number of fused-ring (bicyclic) bond motifs is 1. The quantitative estimate of drug-likeness (QED) is 0.917. The molecule has 3 nitrogen and oxygen atoms in total. The summed E-state index contributed by atoms with van der Waals surface area (Å²) in [6.45, 7) is 4.53. The zero-order valence-corrected chi connectivity index (χ0v) is 12.7. The lowest BCUT2D eigenvalue weighted by Crippen LogP contribution is -2.32. The molecule has 3 rings (SSSR count).